The highest BCUT2D eigenvalue weighted by molar-refractivity contribution is 5.97. The molecule has 1 aliphatic heterocycles. The molecule has 1 aliphatic rings. The lowest BCUT2D eigenvalue weighted by atomic mass is 10.1. The molecule has 0 bridgehead atoms. The van der Waals surface area contributed by atoms with Gasteiger partial charge in [0.05, 0.1) is 6.04 Å². The van der Waals surface area contributed by atoms with E-state index >= 15 is 0 Å². The fourth-order valence-electron chi connectivity index (χ4n) is 3.57. The summed E-state index contributed by atoms with van der Waals surface area (Å²) in [5.74, 6) is 5.75. The molecule has 0 spiro atoms. The third-order valence-corrected chi connectivity index (χ3v) is 5.05. The first-order chi connectivity index (χ1) is 14.4. The predicted octanol–water partition coefficient (Wildman–Crippen LogP) is 1.42. The van der Waals surface area contributed by atoms with Crippen molar-refractivity contribution >= 4 is 11.7 Å². The van der Waals surface area contributed by atoms with E-state index in [0.29, 0.717) is 22.6 Å². The number of nitrogens with one attached hydrogen (secondary N) is 2. The number of aliphatic hydroxyl groups excluding tert-OH is 1. The van der Waals surface area contributed by atoms with Gasteiger partial charge in [0.25, 0.3) is 5.91 Å². The van der Waals surface area contributed by atoms with Gasteiger partial charge in [-0.2, -0.15) is 0 Å². The van der Waals surface area contributed by atoms with E-state index in [2.05, 4.69) is 20.6 Å². The number of anilines is 1. The van der Waals surface area contributed by atoms with Crippen LogP contribution in [0.2, 0.25) is 0 Å². The molecule has 30 heavy (non-hydrogen) atoms. The SMILES string of the molecule is NC(=O)c1c(-c2ccc(C(O)Nc3cc(F)ccn3)cc2)nc([C@@H]2CCCN2)n1N. The highest BCUT2D eigenvalue weighted by Crippen LogP contribution is 2.29. The molecule has 2 atom stereocenters. The zero-order valence-electron chi connectivity index (χ0n) is 16.0. The molecule has 9 nitrogen and oxygen atoms in total. The van der Waals surface area contributed by atoms with Crippen LogP contribution in [0.4, 0.5) is 10.2 Å². The lowest BCUT2D eigenvalue weighted by molar-refractivity contribution is 0.0993. The van der Waals surface area contributed by atoms with Gasteiger partial charge in [-0.05, 0) is 25.5 Å². The number of rotatable bonds is 6. The van der Waals surface area contributed by atoms with E-state index in [4.69, 9.17) is 11.6 Å². The van der Waals surface area contributed by atoms with Crippen LogP contribution in [-0.4, -0.2) is 32.2 Å². The van der Waals surface area contributed by atoms with Gasteiger partial charge in [-0.15, -0.1) is 0 Å². The van der Waals surface area contributed by atoms with Gasteiger partial charge in [0.15, 0.2) is 11.9 Å². The summed E-state index contributed by atoms with van der Waals surface area (Å²) < 4.78 is 14.5. The molecular weight excluding hydrogens is 389 g/mol. The normalized spacial score (nSPS) is 17.1. The second-order valence-electron chi connectivity index (χ2n) is 7.08. The molecule has 0 aliphatic carbocycles. The van der Waals surface area contributed by atoms with Crippen molar-refractivity contribution in [2.45, 2.75) is 25.1 Å². The maximum atomic E-state index is 13.3. The Hall–Kier alpha value is -3.50. The largest absolute Gasteiger partial charge is 0.369 e. The first kappa shape index (κ1) is 19.8. The highest BCUT2D eigenvalue weighted by atomic mass is 19.1. The van der Waals surface area contributed by atoms with Crippen molar-refractivity contribution in [3.63, 3.8) is 0 Å². The van der Waals surface area contributed by atoms with Crippen LogP contribution >= 0.6 is 0 Å². The molecule has 0 saturated carbocycles. The van der Waals surface area contributed by atoms with E-state index in [1.165, 1.54) is 23.0 Å². The Morgan fingerprint density at radius 2 is 2.10 bits per heavy atom. The van der Waals surface area contributed by atoms with Crippen LogP contribution < -0.4 is 22.2 Å². The fraction of sp³-hybridized carbons (Fsp3) is 0.250. The van der Waals surface area contributed by atoms with E-state index in [0.717, 1.165) is 19.4 Å². The fourth-order valence-corrected chi connectivity index (χ4v) is 3.57. The lowest BCUT2D eigenvalue weighted by Crippen LogP contribution is -2.27. The Kier molecular flexibility index (Phi) is 5.34. The number of hydrogen-bond donors (Lipinski definition) is 5. The maximum absolute atomic E-state index is 13.3. The summed E-state index contributed by atoms with van der Waals surface area (Å²) in [5.41, 5.74) is 7.21. The highest BCUT2D eigenvalue weighted by Gasteiger charge is 2.27. The van der Waals surface area contributed by atoms with Gasteiger partial charge in [0, 0.05) is 23.4 Å². The van der Waals surface area contributed by atoms with Crippen LogP contribution in [0, 0.1) is 5.82 Å². The number of hydrogen-bond acceptors (Lipinski definition) is 7. The summed E-state index contributed by atoms with van der Waals surface area (Å²) in [6.45, 7) is 0.860. The summed E-state index contributed by atoms with van der Waals surface area (Å²) in [7, 11) is 0. The van der Waals surface area contributed by atoms with Crippen molar-refractivity contribution < 1.29 is 14.3 Å². The van der Waals surface area contributed by atoms with Gasteiger partial charge in [-0.1, -0.05) is 24.3 Å². The van der Waals surface area contributed by atoms with Crippen LogP contribution in [0.5, 0.6) is 0 Å². The number of nitrogens with two attached hydrogens (primary N) is 2. The first-order valence-electron chi connectivity index (χ1n) is 9.51. The third kappa shape index (κ3) is 3.82. The standard InChI is InChI=1S/C20H22FN7O2/c21-13-7-9-25-15(10-13)26-20(30)12-5-3-11(4-6-12)16-17(18(22)29)28(23)19(27-16)14-2-1-8-24-14/h3-7,9-10,14,20,24,30H,1-2,8,23H2,(H2,22,29)(H,25,26)/t14-,20?/m0/s1. The molecule has 1 saturated heterocycles. The van der Waals surface area contributed by atoms with Crippen molar-refractivity contribution in [3.05, 3.63) is 65.5 Å². The second-order valence-corrected chi connectivity index (χ2v) is 7.08. The average Bonchev–Trinajstić information content (AvgIpc) is 3.35. The number of pyridine rings is 1. The number of nitrogen functional groups attached to an aromatic ring is 1. The molecular formula is C20H22FN7O2. The maximum Gasteiger partial charge on any atom is 0.269 e. The molecule has 0 radical (unpaired) electrons. The number of carbonyl (C=O) groups excluding carboxylic acids is 1. The molecule has 3 heterocycles. The van der Waals surface area contributed by atoms with Crippen LogP contribution in [0.15, 0.2) is 42.6 Å². The van der Waals surface area contributed by atoms with Crippen molar-refractivity contribution in [1.29, 1.82) is 0 Å². The zero-order chi connectivity index (χ0) is 21.3. The minimum Gasteiger partial charge on any atom is -0.369 e. The number of benzene rings is 1. The molecule has 4 rings (SSSR count). The number of aromatic nitrogens is 3. The minimum absolute atomic E-state index is 0.0362. The first-order valence-corrected chi connectivity index (χ1v) is 9.51. The van der Waals surface area contributed by atoms with Gasteiger partial charge >= 0.3 is 0 Å². The summed E-state index contributed by atoms with van der Waals surface area (Å²) >= 11 is 0. The molecule has 1 aromatic carbocycles. The summed E-state index contributed by atoms with van der Waals surface area (Å²) in [4.78, 5) is 20.6. The van der Waals surface area contributed by atoms with Gasteiger partial charge in [-0.3, -0.25) is 4.79 Å². The van der Waals surface area contributed by atoms with Gasteiger partial charge in [-0.25, -0.2) is 19.0 Å². The number of primary amides is 1. The molecule has 156 valence electrons. The Labute approximate surface area is 171 Å². The third-order valence-electron chi connectivity index (χ3n) is 5.05. The average molecular weight is 411 g/mol. The molecule has 1 amide bonds. The van der Waals surface area contributed by atoms with Crippen molar-refractivity contribution in [2.75, 3.05) is 17.7 Å². The zero-order valence-corrected chi connectivity index (χ0v) is 16.0. The van der Waals surface area contributed by atoms with Crippen LogP contribution in [0.25, 0.3) is 11.3 Å². The van der Waals surface area contributed by atoms with E-state index in [-0.39, 0.29) is 17.6 Å². The molecule has 1 fully saturated rings. The van der Waals surface area contributed by atoms with E-state index in [1.54, 1.807) is 24.3 Å². The smallest absolute Gasteiger partial charge is 0.269 e. The summed E-state index contributed by atoms with van der Waals surface area (Å²) in [6.07, 6.45) is 2.07. The van der Waals surface area contributed by atoms with Gasteiger partial charge in [0.2, 0.25) is 0 Å². The topological polar surface area (TPSA) is 144 Å². The number of halogens is 1. The van der Waals surface area contributed by atoms with E-state index < -0.39 is 18.0 Å². The molecule has 2 aromatic heterocycles. The van der Waals surface area contributed by atoms with Crippen molar-refractivity contribution in [2.24, 2.45) is 5.73 Å². The Balaban J connectivity index is 1.60. The van der Waals surface area contributed by atoms with E-state index in [9.17, 15) is 14.3 Å². The Bertz CT molecular complexity index is 1060. The number of amides is 1. The van der Waals surface area contributed by atoms with Crippen molar-refractivity contribution in [1.82, 2.24) is 20.0 Å². The lowest BCUT2D eigenvalue weighted by Gasteiger charge is -2.14. The Morgan fingerprint density at radius 3 is 2.73 bits per heavy atom. The van der Waals surface area contributed by atoms with Crippen LogP contribution in [-0.2, 0) is 0 Å². The Morgan fingerprint density at radius 1 is 1.33 bits per heavy atom. The quantitative estimate of drug-likeness (QED) is 0.305. The molecule has 10 heteroatoms. The number of carbonyl (C=O) groups is 1. The summed E-state index contributed by atoms with van der Waals surface area (Å²) in [5, 5.41) is 16.4. The predicted molar refractivity (Wildman–Crippen MR) is 109 cm³/mol. The minimum atomic E-state index is -1.10. The van der Waals surface area contributed by atoms with Gasteiger partial charge in [0.1, 0.15) is 23.2 Å². The molecule has 3 aromatic rings. The summed E-state index contributed by atoms with van der Waals surface area (Å²) in [6, 6.07) is 9.11. The van der Waals surface area contributed by atoms with E-state index in [1.807, 2.05) is 0 Å². The number of aliphatic hydroxyl groups is 1. The van der Waals surface area contributed by atoms with Crippen molar-refractivity contribution in [3.8, 4) is 11.3 Å². The second kappa shape index (κ2) is 8.09. The molecule has 1 unspecified atom stereocenters. The number of imidazole rings is 1. The van der Waals surface area contributed by atoms with Gasteiger partial charge < -0.3 is 27.3 Å². The van der Waals surface area contributed by atoms with Crippen LogP contribution in [0.1, 0.15) is 47.0 Å². The molecule has 7 N–H and O–H groups in total. The number of nitrogens with zero attached hydrogens (tertiary/aromatic N) is 3. The van der Waals surface area contributed by atoms with Crippen LogP contribution in [0.3, 0.4) is 0 Å². The monoisotopic (exact) mass is 411 g/mol.